The number of carboxylic acids is 1. The summed E-state index contributed by atoms with van der Waals surface area (Å²) in [4.78, 5) is 15.1. The smallest absolute Gasteiger partial charge is 0.303 e. The first-order valence-electron chi connectivity index (χ1n) is 8.66. The third kappa shape index (κ3) is 4.72. The summed E-state index contributed by atoms with van der Waals surface area (Å²) in [6.07, 6.45) is 3.83. The van der Waals surface area contributed by atoms with E-state index in [9.17, 15) is 4.79 Å². The Balaban J connectivity index is 1.39. The van der Waals surface area contributed by atoms with E-state index >= 15 is 0 Å². The van der Waals surface area contributed by atoms with E-state index in [4.69, 9.17) is 9.84 Å². The van der Waals surface area contributed by atoms with E-state index < -0.39 is 5.97 Å². The SMILES string of the molecule is CC1(CC(=O)O)CC1c1ccc(OCCCNc2ccccn2)cc1. The molecule has 0 spiro atoms. The number of carboxylic acid groups (broad SMARTS) is 1. The number of hydrogen-bond acceptors (Lipinski definition) is 4. The lowest BCUT2D eigenvalue weighted by atomic mass is 9.98. The predicted molar refractivity (Wildman–Crippen MR) is 97.0 cm³/mol. The third-order valence-electron chi connectivity index (χ3n) is 4.75. The second-order valence-electron chi connectivity index (χ2n) is 6.89. The maximum absolute atomic E-state index is 10.9. The van der Waals surface area contributed by atoms with Crippen LogP contribution in [0.5, 0.6) is 5.75 Å². The average Bonchev–Trinajstić information content (AvgIpc) is 3.26. The minimum Gasteiger partial charge on any atom is -0.494 e. The Morgan fingerprint density at radius 2 is 2.12 bits per heavy atom. The molecule has 0 aliphatic heterocycles. The van der Waals surface area contributed by atoms with Crippen LogP contribution in [0.15, 0.2) is 48.7 Å². The Morgan fingerprint density at radius 1 is 1.32 bits per heavy atom. The summed E-state index contributed by atoms with van der Waals surface area (Å²) in [5, 5.41) is 12.2. The Hall–Kier alpha value is -2.56. The van der Waals surface area contributed by atoms with Gasteiger partial charge in [0.05, 0.1) is 13.0 Å². The lowest BCUT2D eigenvalue weighted by Gasteiger charge is -2.10. The van der Waals surface area contributed by atoms with E-state index in [1.165, 1.54) is 5.56 Å². The molecule has 2 unspecified atom stereocenters. The van der Waals surface area contributed by atoms with Gasteiger partial charge in [-0.15, -0.1) is 0 Å². The minimum absolute atomic E-state index is 0.0919. The molecule has 1 saturated carbocycles. The highest BCUT2D eigenvalue weighted by Gasteiger charge is 2.51. The monoisotopic (exact) mass is 340 g/mol. The normalized spacial score (nSPS) is 21.6. The molecular weight excluding hydrogens is 316 g/mol. The van der Waals surface area contributed by atoms with Crippen LogP contribution in [0.2, 0.25) is 0 Å². The second kappa shape index (κ2) is 7.55. The van der Waals surface area contributed by atoms with Crippen LogP contribution in [0, 0.1) is 5.41 Å². The number of ether oxygens (including phenoxy) is 1. The Bertz CT molecular complexity index is 703. The zero-order valence-electron chi connectivity index (χ0n) is 14.4. The van der Waals surface area contributed by atoms with Gasteiger partial charge >= 0.3 is 5.97 Å². The maximum Gasteiger partial charge on any atom is 0.303 e. The number of hydrogen-bond donors (Lipinski definition) is 2. The second-order valence-corrected chi connectivity index (χ2v) is 6.89. The molecule has 2 N–H and O–H groups in total. The molecule has 1 aliphatic carbocycles. The van der Waals surface area contributed by atoms with Gasteiger partial charge in [-0.1, -0.05) is 25.1 Å². The van der Waals surface area contributed by atoms with Crippen LogP contribution in [0.4, 0.5) is 5.82 Å². The molecule has 2 aromatic rings. The van der Waals surface area contributed by atoms with E-state index in [1.807, 2.05) is 37.3 Å². The van der Waals surface area contributed by atoms with Crippen molar-refractivity contribution in [2.45, 2.75) is 32.1 Å². The van der Waals surface area contributed by atoms with E-state index in [0.717, 1.165) is 31.0 Å². The summed E-state index contributed by atoms with van der Waals surface area (Å²) < 4.78 is 5.76. The lowest BCUT2D eigenvalue weighted by Crippen LogP contribution is -2.08. The van der Waals surface area contributed by atoms with Crippen molar-refractivity contribution in [1.82, 2.24) is 4.98 Å². The zero-order valence-corrected chi connectivity index (χ0v) is 14.4. The first-order chi connectivity index (χ1) is 12.1. The van der Waals surface area contributed by atoms with Gasteiger partial charge in [-0.3, -0.25) is 4.79 Å². The topological polar surface area (TPSA) is 71.5 Å². The molecule has 5 heteroatoms. The van der Waals surface area contributed by atoms with Gasteiger partial charge < -0.3 is 15.2 Å². The largest absolute Gasteiger partial charge is 0.494 e. The predicted octanol–water partition coefficient (Wildman–Crippen LogP) is 3.93. The van der Waals surface area contributed by atoms with Crippen LogP contribution < -0.4 is 10.1 Å². The van der Waals surface area contributed by atoms with Crippen LogP contribution in [-0.4, -0.2) is 29.2 Å². The number of nitrogens with one attached hydrogen (secondary N) is 1. The van der Waals surface area contributed by atoms with Crippen molar-refractivity contribution in [2.24, 2.45) is 5.41 Å². The molecule has 0 radical (unpaired) electrons. The van der Waals surface area contributed by atoms with Crippen LogP contribution in [0.1, 0.15) is 37.7 Å². The summed E-state index contributed by atoms with van der Waals surface area (Å²) in [5.74, 6) is 1.35. The van der Waals surface area contributed by atoms with Gasteiger partial charge in [0.2, 0.25) is 0 Å². The van der Waals surface area contributed by atoms with Gasteiger partial charge in [-0.2, -0.15) is 0 Å². The van der Waals surface area contributed by atoms with Gasteiger partial charge in [0, 0.05) is 12.7 Å². The molecular formula is C20H24N2O3. The summed E-state index contributed by atoms with van der Waals surface area (Å²) in [6, 6.07) is 13.8. The first kappa shape index (κ1) is 17.3. The maximum atomic E-state index is 10.9. The Morgan fingerprint density at radius 3 is 2.80 bits per heavy atom. The quantitative estimate of drug-likeness (QED) is 0.677. The number of aromatic nitrogens is 1. The molecule has 1 aliphatic rings. The van der Waals surface area contributed by atoms with E-state index in [-0.39, 0.29) is 11.8 Å². The molecule has 1 aromatic carbocycles. The molecule has 0 amide bonds. The molecule has 5 nitrogen and oxygen atoms in total. The molecule has 1 fully saturated rings. The van der Waals surface area contributed by atoms with Gasteiger partial charge in [0.25, 0.3) is 0 Å². The highest BCUT2D eigenvalue weighted by atomic mass is 16.5. The number of aliphatic carboxylic acids is 1. The number of carbonyl (C=O) groups is 1. The van der Waals surface area contributed by atoms with E-state index in [0.29, 0.717) is 12.5 Å². The fraction of sp³-hybridized carbons (Fsp3) is 0.400. The van der Waals surface area contributed by atoms with Crippen molar-refractivity contribution in [3.63, 3.8) is 0 Å². The van der Waals surface area contributed by atoms with Gasteiger partial charge in [-0.05, 0) is 54.0 Å². The Kier molecular flexibility index (Phi) is 5.22. The van der Waals surface area contributed by atoms with Crippen LogP contribution in [-0.2, 0) is 4.79 Å². The zero-order chi connectivity index (χ0) is 17.7. The van der Waals surface area contributed by atoms with Crippen LogP contribution in [0.25, 0.3) is 0 Å². The molecule has 1 heterocycles. The molecule has 1 aromatic heterocycles. The summed E-state index contributed by atoms with van der Waals surface area (Å²) in [5.41, 5.74) is 1.11. The molecule has 0 saturated heterocycles. The minimum atomic E-state index is -0.718. The van der Waals surface area contributed by atoms with Crippen molar-refractivity contribution >= 4 is 11.8 Å². The fourth-order valence-corrected chi connectivity index (χ4v) is 3.21. The number of benzene rings is 1. The highest BCUT2D eigenvalue weighted by Crippen LogP contribution is 2.61. The summed E-state index contributed by atoms with van der Waals surface area (Å²) >= 11 is 0. The van der Waals surface area contributed by atoms with Crippen LogP contribution >= 0.6 is 0 Å². The molecule has 0 bridgehead atoms. The molecule has 25 heavy (non-hydrogen) atoms. The van der Waals surface area contributed by atoms with Gasteiger partial charge in [0.1, 0.15) is 11.6 Å². The molecule has 2 atom stereocenters. The molecule has 3 rings (SSSR count). The van der Waals surface area contributed by atoms with E-state index in [2.05, 4.69) is 22.4 Å². The van der Waals surface area contributed by atoms with Crippen molar-refractivity contribution in [3.05, 3.63) is 54.2 Å². The van der Waals surface area contributed by atoms with Crippen LogP contribution in [0.3, 0.4) is 0 Å². The average molecular weight is 340 g/mol. The number of pyridine rings is 1. The fourth-order valence-electron chi connectivity index (χ4n) is 3.21. The van der Waals surface area contributed by atoms with Crippen molar-refractivity contribution in [2.75, 3.05) is 18.5 Å². The highest BCUT2D eigenvalue weighted by molar-refractivity contribution is 5.68. The van der Waals surface area contributed by atoms with Crippen molar-refractivity contribution in [3.8, 4) is 5.75 Å². The van der Waals surface area contributed by atoms with E-state index in [1.54, 1.807) is 6.20 Å². The standard InChI is InChI=1S/C20H24N2O3/c1-20(14-19(23)24)13-17(20)15-6-8-16(9-7-15)25-12-4-11-22-18-5-2-3-10-21-18/h2-3,5-10,17H,4,11-14H2,1H3,(H,21,22)(H,23,24). The first-order valence-corrected chi connectivity index (χ1v) is 8.66. The number of anilines is 1. The third-order valence-corrected chi connectivity index (χ3v) is 4.75. The molecule has 132 valence electrons. The Labute approximate surface area is 148 Å². The lowest BCUT2D eigenvalue weighted by molar-refractivity contribution is -0.138. The number of rotatable bonds is 9. The van der Waals surface area contributed by atoms with Gasteiger partial charge in [-0.25, -0.2) is 4.98 Å². The van der Waals surface area contributed by atoms with Crippen molar-refractivity contribution < 1.29 is 14.6 Å². The number of nitrogens with zero attached hydrogens (tertiary/aromatic N) is 1. The summed E-state index contributed by atoms with van der Waals surface area (Å²) in [6.45, 7) is 3.49. The van der Waals surface area contributed by atoms with Gasteiger partial charge in [0.15, 0.2) is 0 Å². The van der Waals surface area contributed by atoms with Crippen molar-refractivity contribution in [1.29, 1.82) is 0 Å². The summed E-state index contributed by atoms with van der Waals surface area (Å²) in [7, 11) is 0.